The van der Waals surface area contributed by atoms with Crippen molar-refractivity contribution >= 4 is 17.4 Å². The molecule has 0 atom stereocenters. The lowest BCUT2D eigenvalue weighted by molar-refractivity contribution is 0.376. The van der Waals surface area contributed by atoms with Crippen LogP contribution in [0.4, 0.5) is 5.82 Å². The Bertz CT molecular complexity index is 407. The molecular formula is C12H16ClN3. The molecule has 16 heavy (non-hydrogen) atoms. The Labute approximate surface area is 101 Å². The average molecular weight is 238 g/mol. The first-order valence-corrected chi connectivity index (χ1v) is 5.66. The van der Waals surface area contributed by atoms with Gasteiger partial charge in [-0.3, -0.25) is 0 Å². The van der Waals surface area contributed by atoms with Crippen LogP contribution in [0.5, 0.6) is 0 Å². The predicted molar refractivity (Wildman–Crippen MR) is 66.5 cm³/mol. The van der Waals surface area contributed by atoms with Gasteiger partial charge in [-0.05, 0) is 17.9 Å². The molecule has 0 aromatic carbocycles. The number of hydrogen-bond acceptors (Lipinski definition) is 3. The molecule has 0 aliphatic carbocycles. The van der Waals surface area contributed by atoms with Crippen molar-refractivity contribution in [1.82, 2.24) is 4.98 Å². The number of rotatable bonds is 4. The summed E-state index contributed by atoms with van der Waals surface area (Å²) in [5.74, 6) is 0.585. The summed E-state index contributed by atoms with van der Waals surface area (Å²) in [4.78, 5) is 4.13. The molecule has 0 saturated carbocycles. The molecule has 1 N–H and O–H groups in total. The molecule has 0 amide bonds. The molecule has 0 aliphatic heterocycles. The first-order valence-electron chi connectivity index (χ1n) is 5.28. The molecular weight excluding hydrogens is 222 g/mol. The van der Waals surface area contributed by atoms with Crippen LogP contribution < -0.4 is 5.32 Å². The van der Waals surface area contributed by atoms with Crippen LogP contribution >= 0.6 is 11.6 Å². The van der Waals surface area contributed by atoms with E-state index in [1.807, 2.05) is 6.07 Å². The van der Waals surface area contributed by atoms with E-state index in [9.17, 15) is 0 Å². The van der Waals surface area contributed by atoms with Crippen molar-refractivity contribution in [3.05, 3.63) is 22.8 Å². The zero-order chi connectivity index (χ0) is 12.2. The van der Waals surface area contributed by atoms with Gasteiger partial charge in [0.2, 0.25) is 0 Å². The molecule has 1 aromatic heterocycles. The van der Waals surface area contributed by atoms with Gasteiger partial charge in [0, 0.05) is 12.7 Å². The fourth-order valence-corrected chi connectivity index (χ4v) is 1.32. The zero-order valence-electron chi connectivity index (χ0n) is 9.84. The first kappa shape index (κ1) is 12.8. The van der Waals surface area contributed by atoms with E-state index in [4.69, 9.17) is 16.9 Å². The minimum Gasteiger partial charge on any atom is -0.368 e. The molecule has 0 aliphatic rings. The van der Waals surface area contributed by atoms with Crippen molar-refractivity contribution in [2.75, 3.05) is 11.9 Å². The van der Waals surface area contributed by atoms with E-state index >= 15 is 0 Å². The molecule has 0 fully saturated rings. The van der Waals surface area contributed by atoms with E-state index in [0.29, 0.717) is 16.4 Å². The highest BCUT2D eigenvalue weighted by atomic mass is 35.5. The third-order valence-corrected chi connectivity index (χ3v) is 3.08. The quantitative estimate of drug-likeness (QED) is 0.873. The van der Waals surface area contributed by atoms with E-state index in [-0.39, 0.29) is 5.41 Å². The van der Waals surface area contributed by atoms with Gasteiger partial charge in [0.05, 0.1) is 5.56 Å². The summed E-state index contributed by atoms with van der Waals surface area (Å²) in [5.41, 5.74) is 0.640. The monoisotopic (exact) mass is 237 g/mol. The predicted octanol–water partition coefficient (Wildman–Crippen LogP) is 3.45. The van der Waals surface area contributed by atoms with Crippen LogP contribution in [-0.4, -0.2) is 11.5 Å². The number of anilines is 1. The van der Waals surface area contributed by atoms with Gasteiger partial charge in [-0.1, -0.05) is 32.4 Å². The Morgan fingerprint density at radius 3 is 2.81 bits per heavy atom. The second kappa shape index (κ2) is 5.18. The molecule has 3 nitrogen and oxygen atoms in total. The molecule has 4 heteroatoms. The molecule has 0 unspecified atom stereocenters. The highest BCUT2D eigenvalue weighted by molar-refractivity contribution is 6.34. The molecule has 0 bridgehead atoms. The number of aromatic nitrogens is 1. The number of nitriles is 1. The lowest BCUT2D eigenvalue weighted by Gasteiger charge is -2.23. The minimum absolute atomic E-state index is 0.188. The van der Waals surface area contributed by atoms with Crippen LogP contribution in [-0.2, 0) is 0 Å². The van der Waals surface area contributed by atoms with Gasteiger partial charge in [-0.25, -0.2) is 4.98 Å². The van der Waals surface area contributed by atoms with E-state index in [1.165, 1.54) is 0 Å². The third-order valence-electron chi connectivity index (χ3n) is 2.70. The van der Waals surface area contributed by atoms with Crippen molar-refractivity contribution in [2.45, 2.75) is 27.2 Å². The smallest absolute Gasteiger partial charge is 0.146 e. The second-order valence-electron chi connectivity index (χ2n) is 4.50. The Balaban J connectivity index is 2.80. The topological polar surface area (TPSA) is 48.7 Å². The Hall–Kier alpha value is -1.27. The maximum absolute atomic E-state index is 8.83. The zero-order valence-corrected chi connectivity index (χ0v) is 10.6. The lowest BCUT2D eigenvalue weighted by Crippen LogP contribution is -2.22. The van der Waals surface area contributed by atoms with Crippen LogP contribution in [0.15, 0.2) is 12.3 Å². The largest absolute Gasteiger partial charge is 0.368 e. The molecule has 1 rings (SSSR count). The van der Waals surface area contributed by atoms with Crippen LogP contribution in [0.3, 0.4) is 0 Å². The SMILES string of the molecule is CCC(C)(C)CNc1nccc(C#N)c1Cl. The maximum atomic E-state index is 8.83. The van der Waals surface area contributed by atoms with E-state index in [2.05, 4.69) is 31.1 Å². The highest BCUT2D eigenvalue weighted by Crippen LogP contribution is 2.25. The van der Waals surface area contributed by atoms with Crippen molar-refractivity contribution in [3.63, 3.8) is 0 Å². The lowest BCUT2D eigenvalue weighted by atomic mass is 9.90. The van der Waals surface area contributed by atoms with Crippen molar-refractivity contribution < 1.29 is 0 Å². The Kier molecular flexibility index (Phi) is 4.14. The number of nitrogens with zero attached hydrogens (tertiary/aromatic N) is 2. The van der Waals surface area contributed by atoms with Gasteiger partial charge >= 0.3 is 0 Å². The van der Waals surface area contributed by atoms with E-state index in [1.54, 1.807) is 12.3 Å². The maximum Gasteiger partial charge on any atom is 0.146 e. The van der Waals surface area contributed by atoms with Gasteiger partial charge in [-0.2, -0.15) is 5.26 Å². The summed E-state index contributed by atoms with van der Waals surface area (Å²) in [6.45, 7) is 7.26. The second-order valence-corrected chi connectivity index (χ2v) is 4.88. The summed E-state index contributed by atoms with van der Waals surface area (Å²) < 4.78 is 0. The Morgan fingerprint density at radius 1 is 1.56 bits per heavy atom. The average Bonchev–Trinajstić information content (AvgIpc) is 2.28. The van der Waals surface area contributed by atoms with Crippen molar-refractivity contribution in [2.24, 2.45) is 5.41 Å². The Morgan fingerprint density at radius 2 is 2.25 bits per heavy atom. The summed E-state index contributed by atoms with van der Waals surface area (Å²) in [7, 11) is 0. The number of nitrogens with one attached hydrogen (secondary N) is 1. The molecule has 0 spiro atoms. The van der Waals surface area contributed by atoms with E-state index < -0.39 is 0 Å². The van der Waals surface area contributed by atoms with Crippen molar-refractivity contribution in [1.29, 1.82) is 5.26 Å². The highest BCUT2D eigenvalue weighted by Gasteiger charge is 2.16. The van der Waals surface area contributed by atoms with Crippen LogP contribution in [0.2, 0.25) is 5.02 Å². The standard InChI is InChI=1S/C12H16ClN3/c1-4-12(2,3)8-16-11-10(13)9(7-14)5-6-15-11/h5-6H,4,8H2,1-3H3,(H,15,16). The fraction of sp³-hybridized carbons (Fsp3) is 0.500. The number of hydrogen-bond donors (Lipinski definition) is 1. The summed E-state index contributed by atoms with van der Waals surface area (Å²) in [5, 5.41) is 12.4. The van der Waals surface area contributed by atoms with Crippen LogP contribution in [0, 0.1) is 16.7 Å². The third kappa shape index (κ3) is 3.11. The summed E-state index contributed by atoms with van der Waals surface area (Å²) in [6.07, 6.45) is 2.65. The first-order chi connectivity index (χ1) is 7.50. The van der Waals surface area contributed by atoms with Gasteiger partial charge in [-0.15, -0.1) is 0 Å². The van der Waals surface area contributed by atoms with Crippen molar-refractivity contribution in [3.8, 4) is 6.07 Å². The molecule has 1 aromatic rings. The van der Waals surface area contributed by atoms with Gasteiger partial charge in [0.25, 0.3) is 0 Å². The summed E-state index contributed by atoms with van der Waals surface area (Å²) >= 11 is 6.03. The molecule has 0 radical (unpaired) electrons. The fourth-order valence-electron chi connectivity index (χ4n) is 1.10. The van der Waals surface area contributed by atoms with Crippen LogP contribution in [0.25, 0.3) is 0 Å². The van der Waals surface area contributed by atoms with Gasteiger partial charge in [0.15, 0.2) is 0 Å². The molecule has 86 valence electrons. The number of pyridine rings is 1. The molecule has 1 heterocycles. The van der Waals surface area contributed by atoms with Gasteiger partial charge < -0.3 is 5.32 Å². The summed E-state index contributed by atoms with van der Waals surface area (Å²) in [6, 6.07) is 3.64. The van der Waals surface area contributed by atoms with E-state index in [0.717, 1.165) is 13.0 Å². The molecule has 0 saturated heterocycles. The number of halogens is 1. The van der Waals surface area contributed by atoms with Crippen LogP contribution in [0.1, 0.15) is 32.8 Å². The normalized spacial score (nSPS) is 10.9. The minimum atomic E-state index is 0.188. The van der Waals surface area contributed by atoms with Gasteiger partial charge in [0.1, 0.15) is 16.9 Å².